The lowest BCUT2D eigenvalue weighted by Crippen LogP contribution is -2.27. The molecule has 0 spiro atoms. The van der Waals surface area contributed by atoms with Crippen LogP contribution in [-0.2, 0) is 0 Å². The maximum absolute atomic E-state index is 4.32. The highest BCUT2D eigenvalue weighted by atomic mass is 32.1. The second kappa shape index (κ2) is 5.26. The van der Waals surface area contributed by atoms with Crippen molar-refractivity contribution in [1.29, 1.82) is 0 Å². The summed E-state index contributed by atoms with van der Waals surface area (Å²) in [7, 11) is 0. The molecule has 0 aromatic rings. The van der Waals surface area contributed by atoms with Crippen LogP contribution < -0.4 is 0 Å². The Bertz CT molecular complexity index is 147. The van der Waals surface area contributed by atoms with Crippen LogP contribution in [0.1, 0.15) is 27.2 Å². The van der Waals surface area contributed by atoms with Gasteiger partial charge in [-0.2, -0.15) is 12.6 Å². The topological polar surface area (TPSA) is 3.24 Å². The zero-order valence-electron chi connectivity index (χ0n) is 9.16. The zero-order chi connectivity index (χ0) is 9.84. The smallest absolute Gasteiger partial charge is 0.00149 e. The second-order valence-electron chi connectivity index (χ2n) is 4.84. The molecule has 1 nitrogen and oxygen atoms in total. The van der Waals surface area contributed by atoms with Crippen molar-refractivity contribution in [3.8, 4) is 0 Å². The minimum Gasteiger partial charge on any atom is -0.303 e. The SMILES string of the molecule is CC(CS)CN1CCC(C(C)C)C1. The average molecular weight is 201 g/mol. The molecule has 1 rings (SSSR count). The van der Waals surface area contributed by atoms with Gasteiger partial charge in [0.15, 0.2) is 0 Å². The Morgan fingerprint density at radius 3 is 2.54 bits per heavy atom. The standard InChI is InChI=1S/C11H23NS/c1-9(2)11-4-5-12(7-11)6-10(3)8-13/h9-11,13H,4-8H2,1-3H3. The third-order valence-electron chi connectivity index (χ3n) is 3.13. The number of likely N-dealkylation sites (tertiary alicyclic amines) is 1. The van der Waals surface area contributed by atoms with Crippen molar-refractivity contribution < 1.29 is 0 Å². The Labute approximate surface area is 88.3 Å². The summed E-state index contributed by atoms with van der Waals surface area (Å²) in [5.74, 6) is 3.56. The van der Waals surface area contributed by atoms with Crippen molar-refractivity contribution in [2.24, 2.45) is 17.8 Å². The fraction of sp³-hybridized carbons (Fsp3) is 1.00. The maximum atomic E-state index is 4.32. The van der Waals surface area contributed by atoms with E-state index in [0.717, 1.165) is 23.5 Å². The molecule has 2 heteroatoms. The monoisotopic (exact) mass is 201 g/mol. The van der Waals surface area contributed by atoms with E-state index in [4.69, 9.17) is 0 Å². The van der Waals surface area contributed by atoms with E-state index in [0.29, 0.717) is 0 Å². The lowest BCUT2D eigenvalue weighted by molar-refractivity contribution is 0.275. The van der Waals surface area contributed by atoms with E-state index in [9.17, 15) is 0 Å². The molecule has 0 N–H and O–H groups in total. The van der Waals surface area contributed by atoms with Gasteiger partial charge in [0.2, 0.25) is 0 Å². The van der Waals surface area contributed by atoms with Crippen LogP contribution >= 0.6 is 12.6 Å². The molecule has 1 aliphatic rings. The highest BCUT2D eigenvalue weighted by molar-refractivity contribution is 7.80. The van der Waals surface area contributed by atoms with E-state index >= 15 is 0 Å². The largest absolute Gasteiger partial charge is 0.303 e. The van der Waals surface area contributed by atoms with Crippen LogP contribution in [0.4, 0.5) is 0 Å². The Morgan fingerprint density at radius 1 is 1.38 bits per heavy atom. The van der Waals surface area contributed by atoms with Gasteiger partial charge >= 0.3 is 0 Å². The number of hydrogen-bond donors (Lipinski definition) is 1. The summed E-state index contributed by atoms with van der Waals surface area (Å²) in [6.45, 7) is 10.8. The van der Waals surface area contributed by atoms with Crippen molar-refractivity contribution in [3.63, 3.8) is 0 Å². The van der Waals surface area contributed by atoms with E-state index in [1.54, 1.807) is 0 Å². The Morgan fingerprint density at radius 2 is 2.08 bits per heavy atom. The van der Waals surface area contributed by atoms with Gasteiger partial charge < -0.3 is 4.90 Å². The molecule has 0 saturated carbocycles. The Balaban J connectivity index is 2.25. The Hall–Kier alpha value is 0.310. The molecule has 0 bridgehead atoms. The van der Waals surface area contributed by atoms with Gasteiger partial charge in [0, 0.05) is 13.1 Å². The lowest BCUT2D eigenvalue weighted by atomic mass is 9.95. The van der Waals surface area contributed by atoms with Gasteiger partial charge in [0.25, 0.3) is 0 Å². The summed E-state index contributed by atoms with van der Waals surface area (Å²) in [6, 6.07) is 0. The summed E-state index contributed by atoms with van der Waals surface area (Å²) in [4.78, 5) is 2.60. The molecule has 1 heterocycles. The molecule has 0 aromatic heterocycles. The fourth-order valence-electron chi connectivity index (χ4n) is 2.07. The van der Waals surface area contributed by atoms with Crippen LogP contribution in [0.3, 0.4) is 0 Å². The van der Waals surface area contributed by atoms with Gasteiger partial charge in [-0.25, -0.2) is 0 Å². The van der Waals surface area contributed by atoms with Crippen LogP contribution in [0.25, 0.3) is 0 Å². The third kappa shape index (κ3) is 3.51. The first-order valence-electron chi connectivity index (χ1n) is 5.46. The third-order valence-corrected chi connectivity index (χ3v) is 3.76. The average Bonchev–Trinajstić information content (AvgIpc) is 2.52. The number of hydrogen-bond acceptors (Lipinski definition) is 2. The van der Waals surface area contributed by atoms with E-state index in [1.807, 2.05) is 0 Å². The van der Waals surface area contributed by atoms with Crippen molar-refractivity contribution in [3.05, 3.63) is 0 Å². The first-order valence-corrected chi connectivity index (χ1v) is 6.10. The van der Waals surface area contributed by atoms with E-state index in [2.05, 4.69) is 38.3 Å². The number of thiol groups is 1. The molecule has 2 unspecified atom stereocenters. The normalized spacial score (nSPS) is 27.0. The minimum absolute atomic E-state index is 0.745. The van der Waals surface area contributed by atoms with E-state index in [-0.39, 0.29) is 0 Å². The molecule has 0 radical (unpaired) electrons. The first-order chi connectivity index (χ1) is 6.13. The molecule has 0 amide bonds. The van der Waals surface area contributed by atoms with E-state index in [1.165, 1.54) is 26.1 Å². The van der Waals surface area contributed by atoms with Gasteiger partial charge in [-0.1, -0.05) is 20.8 Å². The van der Waals surface area contributed by atoms with Gasteiger partial charge in [-0.15, -0.1) is 0 Å². The number of nitrogens with zero attached hydrogens (tertiary/aromatic N) is 1. The van der Waals surface area contributed by atoms with Crippen LogP contribution in [0, 0.1) is 17.8 Å². The molecule has 0 aliphatic carbocycles. The summed E-state index contributed by atoms with van der Waals surface area (Å²) in [5.41, 5.74) is 0. The molecule has 2 atom stereocenters. The summed E-state index contributed by atoms with van der Waals surface area (Å²) >= 11 is 4.32. The summed E-state index contributed by atoms with van der Waals surface area (Å²) in [6.07, 6.45) is 1.40. The van der Waals surface area contributed by atoms with Gasteiger partial charge in [-0.3, -0.25) is 0 Å². The van der Waals surface area contributed by atoms with Crippen LogP contribution in [-0.4, -0.2) is 30.3 Å². The number of rotatable bonds is 4. The van der Waals surface area contributed by atoms with E-state index < -0.39 is 0 Å². The predicted octanol–water partition coefficient (Wildman–Crippen LogP) is 2.53. The van der Waals surface area contributed by atoms with Crippen LogP contribution in [0.15, 0.2) is 0 Å². The second-order valence-corrected chi connectivity index (χ2v) is 5.21. The summed E-state index contributed by atoms with van der Waals surface area (Å²) in [5, 5.41) is 0. The molecular weight excluding hydrogens is 178 g/mol. The molecule has 78 valence electrons. The molecule has 1 fully saturated rings. The molecule has 1 saturated heterocycles. The van der Waals surface area contributed by atoms with Crippen LogP contribution in [0.5, 0.6) is 0 Å². The molecule has 1 aliphatic heterocycles. The van der Waals surface area contributed by atoms with Gasteiger partial charge in [0.05, 0.1) is 0 Å². The lowest BCUT2D eigenvalue weighted by Gasteiger charge is -2.20. The molecule has 13 heavy (non-hydrogen) atoms. The van der Waals surface area contributed by atoms with Crippen molar-refractivity contribution in [1.82, 2.24) is 4.90 Å². The highest BCUT2D eigenvalue weighted by Crippen LogP contribution is 2.24. The minimum atomic E-state index is 0.745. The van der Waals surface area contributed by atoms with Crippen molar-refractivity contribution >= 4 is 12.6 Å². The zero-order valence-corrected chi connectivity index (χ0v) is 10.1. The van der Waals surface area contributed by atoms with Crippen molar-refractivity contribution in [2.75, 3.05) is 25.4 Å². The fourth-order valence-corrected chi connectivity index (χ4v) is 2.19. The Kier molecular flexibility index (Phi) is 4.60. The van der Waals surface area contributed by atoms with Crippen LogP contribution in [0.2, 0.25) is 0 Å². The van der Waals surface area contributed by atoms with Gasteiger partial charge in [0.1, 0.15) is 0 Å². The first kappa shape index (κ1) is 11.4. The quantitative estimate of drug-likeness (QED) is 0.684. The highest BCUT2D eigenvalue weighted by Gasteiger charge is 2.25. The summed E-state index contributed by atoms with van der Waals surface area (Å²) < 4.78 is 0. The molecule has 0 aromatic carbocycles. The van der Waals surface area contributed by atoms with Gasteiger partial charge in [-0.05, 0) is 36.5 Å². The van der Waals surface area contributed by atoms with Crippen molar-refractivity contribution in [2.45, 2.75) is 27.2 Å². The maximum Gasteiger partial charge on any atom is 0.00149 e. The molecular formula is C11H23NS. The predicted molar refractivity (Wildman–Crippen MR) is 62.4 cm³/mol.